The average Bonchev–Trinajstić information content (AvgIpc) is 2.64. The van der Waals surface area contributed by atoms with E-state index in [2.05, 4.69) is 20.6 Å². The molecule has 3 rings (SSSR count). The summed E-state index contributed by atoms with van der Waals surface area (Å²) in [5.74, 6) is 0.183. The largest absolute Gasteiger partial charge is 0.347 e. The lowest BCUT2D eigenvalue weighted by Crippen LogP contribution is -2.24. The van der Waals surface area contributed by atoms with E-state index in [9.17, 15) is 4.79 Å². The molecule has 0 aliphatic heterocycles. The number of rotatable bonds is 5. The van der Waals surface area contributed by atoms with Gasteiger partial charge < -0.3 is 10.6 Å². The van der Waals surface area contributed by atoms with Gasteiger partial charge in [-0.3, -0.25) is 4.79 Å². The topological polar surface area (TPSA) is 66.9 Å². The Hall–Kier alpha value is -3.21. The zero-order chi connectivity index (χ0) is 18.5. The number of aryl methyl sites for hydroxylation is 3. The number of benzene rings is 2. The van der Waals surface area contributed by atoms with Crippen molar-refractivity contribution in [1.29, 1.82) is 0 Å². The fourth-order valence-corrected chi connectivity index (χ4v) is 2.65. The fourth-order valence-electron chi connectivity index (χ4n) is 2.65. The van der Waals surface area contributed by atoms with Gasteiger partial charge in [0.1, 0.15) is 5.69 Å². The van der Waals surface area contributed by atoms with Crippen LogP contribution in [0, 0.1) is 20.8 Å². The molecule has 1 aromatic heterocycles. The highest BCUT2D eigenvalue weighted by Gasteiger charge is 2.10. The Labute approximate surface area is 153 Å². The average molecular weight is 346 g/mol. The van der Waals surface area contributed by atoms with Crippen LogP contribution in [0.15, 0.2) is 54.7 Å². The van der Waals surface area contributed by atoms with Crippen LogP contribution < -0.4 is 10.6 Å². The summed E-state index contributed by atoms with van der Waals surface area (Å²) >= 11 is 0. The first-order valence-electron chi connectivity index (χ1n) is 8.53. The van der Waals surface area contributed by atoms with E-state index in [0.29, 0.717) is 18.2 Å². The number of hydrogen-bond donors (Lipinski definition) is 2. The van der Waals surface area contributed by atoms with E-state index >= 15 is 0 Å². The van der Waals surface area contributed by atoms with Crippen LogP contribution in [0.3, 0.4) is 0 Å². The first-order valence-corrected chi connectivity index (χ1v) is 8.53. The maximum Gasteiger partial charge on any atom is 0.270 e. The van der Waals surface area contributed by atoms with Crippen LogP contribution in [0.4, 0.5) is 11.6 Å². The summed E-state index contributed by atoms with van der Waals surface area (Å²) < 4.78 is 0. The Morgan fingerprint density at radius 1 is 0.962 bits per heavy atom. The molecule has 1 heterocycles. The summed E-state index contributed by atoms with van der Waals surface area (Å²) in [5, 5.41) is 6.11. The Bertz CT molecular complexity index is 899. The van der Waals surface area contributed by atoms with Crippen LogP contribution in [-0.2, 0) is 6.54 Å². The van der Waals surface area contributed by atoms with Gasteiger partial charge in [0.25, 0.3) is 5.91 Å². The first kappa shape index (κ1) is 17.6. The second-order valence-corrected chi connectivity index (χ2v) is 6.33. The summed E-state index contributed by atoms with van der Waals surface area (Å²) in [6, 6.07) is 15.7. The molecule has 0 aliphatic rings. The summed E-state index contributed by atoms with van der Waals surface area (Å²) in [6.45, 7) is 6.54. The van der Waals surface area contributed by atoms with Crippen molar-refractivity contribution in [2.75, 3.05) is 5.32 Å². The molecular weight excluding hydrogens is 324 g/mol. The van der Waals surface area contributed by atoms with E-state index < -0.39 is 0 Å². The van der Waals surface area contributed by atoms with Gasteiger partial charge in [-0.15, -0.1) is 0 Å². The highest BCUT2D eigenvalue weighted by molar-refractivity contribution is 5.92. The van der Waals surface area contributed by atoms with Crippen LogP contribution >= 0.6 is 0 Å². The molecule has 0 bridgehead atoms. The molecular formula is C21H22N4O. The highest BCUT2D eigenvalue weighted by Crippen LogP contribution is 2.22. The van der Waals surface area contributed by atoms with Crippen molar-refractivity contribution < 1.29 is 4.79 Å². The normalized spacial score (nSPS) is 10.4. The third-order valence-corrected chi connectivity index (χ3v) is 4.18. The molecule has 2 N–H and O–H groups in total. The van der Waals surface area contributed by atoms with E-state index in [4.69, 9.17) is 0 Å². The maximum absolute atomic E-state index is 12.4. The maximum atomic E-state index is 12.4. The molecule has 0 spiro atoms. The van der Waals surface area contributed by atoms with Crippen molar-refractivity contribution in [3.05, 3.63) is 82.7 Å². The third-order valence-electron chi connectivity index (χ3n) is 4.18. The second-order valence-electron chi connectivity index (χ2n) is 6.33. The Morgan fingerprint density at radius 2 is 1.65 bits per heavy atom. The quantitative estimate of drug-likeness (QED) is 0.731. The number of nitrogens with one attached hydrogen (secondary N) is 2. The predicted molar refractivity (Wildman–Crippen MR) is 104 cm³/mol. The zero-order valence-corrected chi connectivity index (χ0v) is 15.2. The van der Waals surface area contributed by atoms with E-state index in [1.807, 2.05) is 63.2 Å². The number of para-hydroxylation sites is 1. The third kappa shape index (κ3) is 4.25. The van der Waals surface area contributed by atoms with Crippen LogP contribution in [-0.4, -0.2) is 15.9 Å². The van der Waals surface area contributed by atoms with E-state index in [1.54, 1.807) is 12.3 Å². The molecule has 5 nitrogen and oxygen atoms in total. The van der Waals surface area contributed by atoms with Gasteiger partial charge in [0.05, 0.1) is 0 Å². The van der Waals surface area contributed by atoms with Gasteiger partial charge in [0, 0.05) is 18.4 Å². The lowest BCUT2D eigenvalue weighted by atomic mass is 10.1. The minimum atomic E-state index is -0.225. The second kappa shape index (κ2) is 7.78. The van der Waals surface area contributed by atoms with Crippen LogP contribution in [0.2, 0.25) is 0 Å². The number of hydrogen-bond acceptors (Lipinski definition) is 4. The van der Waals surface area contributed by atoms with Gasteiger partial charge in [-0.25, -0.2) is 9.97 Å². The number of carbonyl (C=O) groups is 1. The molecule has 0 atom stereocenters. The molecule has 5 heteroatoms. The van der Waals surface area contributed by atoms with Crippen molar-refractivity contribution in [1.82, 2.24) is 15.3 Å². The molecule has 0 unspecified atom stereocenters. The minimum Gasteiger partial charge on any atom is -0.347 e. The van der Waals surface area contributed by atoms with Gasteiger partial charge in [-0.2, -0.15) is 0 Å². The molecule has 2 aromatic carbocycles. The predicted octanol–water partition coefficient (Wildman–Crippen LogP) is 4.08. The van der Waals surface area contributed by atoms with Gasteiger partial charge in [0.15, 0.2) is 0 Å². The molecule has 0 saturated heterocycles. The minimum absolute atomic E-state index is 0.225. The number of amides is 1. The Kier molecular flexibility index (Phi) is 5.27. The van der Waals surface area contributed by atoms with Gasteiger partial charge >= 0.3 is 0 Å². The van der Waals surface area contributed by atoms with E-state index in [0.717, 1.165) is 22.4 Å². The molecule has 0 aliphatic carbocycles. The number of anilines is 2. The van der Waals surface area contributed by atoms with Crippen molar-refractivity contribution >= 4 is 17.5 Å². The number of aromatic nitrogens is 2. The first-order chi connectivity index (χ1) is 12.5. The Morgan fingerprint density at radius 3 is 2.35 bits per heavy atom. The molecule has 0 fully saturated rings. The van der Waals surface area contributed by atoms with Gasteiger partial charge in [-0.05, 0) is 43.5 Å². The molecule has 0 saturated carbocycles. The van der Waals surface area contributed by atoms with Crippen molar-refractivity contribution in [3.8, 4) is 0 Å². The van der Waals surface area contributed by atoms with Crippen molar-refractivity contribution in [2.45, 2.75) is 27.3 Å². The molecule has 1 amide bonds. The van der Waals surface area contributed by atoms with Crippen molar-refractivity contribution in [2.24, 2.45) is 0 Å². The van der Waals surface area contributed by atoms with Gasteiger partial charge in [-0.1, -0.05) is 48.0 Å². The summed E-state index contributed by atoms with van der Waals surface area (Å²) in [6.07, 6.45) is 1.59. The van der Waals surface area contributed by atoms with Crippen LogP contribution in [0.5, 0.6) is 0 Å². The summed E-state index contributed by atoms with van der Waals surface area (Å²) in [5.41, 5.74) is 5.74. The lowest BCUT2D eigenvalue weighted by Gasteiger charge is -2.12. The zero-order valence-electron chi connectivity index (χ0n) is 15.2. The van der Waals surface area contributed by atoms with E-state index in [1.165, 1.54) is 5.56 Å². The molecule has 26 heavy (non-hydrogen) atoms. The van der Waals surface area contributed by atoms with Crippen LogP contribution in [0.1, 0.15) is 32.7 Å². The molecule has 3 aromatic rings. The molecule has 0 radical (unpaired) electrons. The standard InChI is InChI=1S/C21H22N4O/c1-14-7-9-17(10-8-14)13-23-20(26)18-11-12-22-21(24-18)25-19-15(2)5-4-6-16(19)3/h4-12H,13H2,1-3H3,(H,23,26)(H,22,24,25). The fraction of sp³-hybridized carbons (Fsp3) is 0.190. The van der Waals surface area contributed by atoms with E-state index in [-0.39, 0.29) is 5.91 Å². The highest BCUT2D eigenvalue weighted by atomic mass is 16.1. The van der Waals surface area contributed by atoms with Crippen molar-refractivity contribution in [3.63, 3.8) is 0 Å². The smallest absolute Gasteiger partial charge is 0.270 e. The number of carbonyl (C=O) groups excluding carboxylic acids is 1. The van der Waals surface area contributed by atoms with Gasteiger partial charge in [0.2, 0.25) is 5.95 Å². The number of nitrogens with zero attached hydrogens (tertiary/aromatic N) is 2. The summed E-state index contributed by atoms with van der Waals surface area (Å²) in [4.78, 5) is 21.0. The molecule has 132 valence electrons. The Balaban J connectivity index is 1.70. The monoisotopic (exact) mass is 346 g/mol. The SMILES string of the molecule is Cc1ccc(CNC(=O)c2ccnc(Nc3c(C)cccc3C)n2)cc1. The lowest BCUT2D eigenvalue weighted by molar-refractivity contribution is 0.0946. The van der Waals surface area contributed by atoms with Crippen LogP contribution in [0.25, 0.3) is 0 Å². The summed E-state index contributed by atoms with van der Waals surface area (Å²) in [7, 11) is 0.